The van der Waals surface area contributed by atoms with Gasteiger partial charge in [-0.1, -0.05) is 6.07 Å². The third-order valence-electron chi connectivity index (χ3n) is 3.12. The lowest BCUT2D eigenvalue weighted by Crippen LogP contribution is -2.00. The second-order valence-electron chi connectivity index (χ2n) is 4.46. The van der Waals surface area contributed by atoms with Gasteiger partial charge in [0.05, 0.1) is 6.61 Å². The molecule has 0 aliphatic rings. The van der Waals surface area contributed by atoms with Gasteiger partial charge in [0.2, 0.25) is 0 Å². The van der Waals surface area contributed by atoms with E-state index in [9.17, 15) is 4.79 Å². The highest BCUT2D eigenvalue weighted by molar-refractivity contribution is 5.75. The summed E-state index contributed by atoms with van der Waals surface area (Å²) < 4.78 is 5.56. The number of ether oxygens (including phenoxy) is 1. The van der Waals surface area contributed by atoms with Gasteiger partial charge in [-0.2, -0.15) is 0 Å². The third-order valence-corrected chi connectivity index (χ3v) is 3.12. The predicted molar refractivity (Wildman–Crippen MR) is 70.7 cm³/mol. The molecule has 0 fully saturated rings. The van der Waals surface area contributed by atoms with Crippen LogP contribution in [0.4, 0.5) is 0 Å². The van der Waals surface area contributed by atoms with E-state index in [0.29, 0.717) is 13.0 Å². The fourth-order valence-corrected chi connectivity index (χ4v) is 1.96. The number of benzene rings is 1. The summed E-state index contributed by atoms with van der Waals surface area (Å²) in [5.74, 6) is 1.24. The minimum absolute atomic E-state index is 0.269. The summed E-state index contributed by atoms with van der Waals surface area (Å²) in [6, 6.07) is 4.16. The lowest BCUT2D eigenvalue weighted by atomic mass is 9.98. The van der Waals surface area contributed by atoms with Crippen molar-refractivity contribution in [2.45, 2.75) is 47.0 Å². The molecule has 0 aromatic heterocycles. The van der Waals surface area contributed by atoms with Crippen molar-refractivity contribution in [2.24, 2.45) is 0 Å². The number of hydrogen-bond acceptors (Lipinski definition) is 2. The zero-order valence-corrected chi connectivity index (χ0v) is 11.3. The fraction of sp³-hybridized carbons (Fsp3) is 0.533. The van der Waals surface area contributed by atoms with E-state index in [0.717, 1.165) is 18.6 Å². The number of aryl methyl sites for hydroxylation is 1. The van der Waals surface area contributed by atoms with Crippen molar-refractivity contribution in [3.63, 3.8) is 0 Å². The van der Waals surface area contributed by atoms with Crippen molar-refractivity contribution in [1.82, 2.24) is 0 Å². The Morgan fingerprint density at radius 1 is 1.24 bits per heavy atom. The normalized spacial score (nSPS) is 10.4. The molecule has 0 aliphatic carbocycles. The summed E-state index contributed by atoms with van der Waals surface area (Å²) in [5.41, 5.74) is 3.83. The van der Waals surface area contributed by atoms with Gasteiger partial charge in [-0.25, -0.2) is 0 Å². The van der Waals surface area contributed by atoms with Gasteiger partial charge in [0.1, 0.15) is 11.5 Å². The summed E-state index contributed by atoms with van der Waals surface area (Å²) in [7, 11) is 0. The molecule has 0 heterocycles. The number of Topliss-reactive ketones (excluding diaryl/α,β-unsaturated/α-hetero) is 1. The Hall–Kier alpha value is -1.31. The maximum absolute atomic E-state index is 10.9. The molecule has 0 amide bonds. The monoisotopic (exact) mass is 234 g/mol. The van der Waals surface area contributed by atoms with Crippen LogP contribution in [0.2, 0.25) is 0 Å². The third kappa shape index (κ3) is 3.88. The molecule has 0 bridgehead atoms. The molecule has 1 rings (SSSR count). The Morgan fingerprint density at radius 3 is 2.53 bits per heavy atom. The minimum Gasteiger partial charge on any atom is -0.494 e. The predicted octanol–water partition coefficient (Wildman–Crippen LogP) is 3.61. The van der Waals surface area contributed by atoms with Crippen molar-refractivity contribution >= 4 is 5.78 Å². The molecule has 2 heteroatoms. The van der Waals surface area contributed by atoms with Crippen LogP contribution in [0.3, 0.4) is 0 Å². The van der Waals surface area contributed by atoms with Crippen molar-refractivity contribution in [3.05, 3.63) is 28.8 Å². The fourth-order valence-electron chi connectivity index (χ4n) is 1.96. The highest BCUT2D eigenvalue weighted by atomic mass is 16.5. The number of carbonyl (C=O) groups excluding carboxylic acids is 1. The molecule has 17 heavy (non-hydrogen) atoms. The largest absolute Gasteiger partial charge is 0.494 e. The topological polar surface area (TPSA) is 26.3 Å². The lowest BCUT2D eigenvalue weighted by molar-refractivity contribution is -0.117. The summed E-state index contributed by atoms with van der Waals surface area (Å²) >= 11 is 0. The number of hydrogen-bond donors (Lipinski definition) is 0. The van der Waals surface area contributed by atoms with Crippen LogP contribution in [0.15, 0.2) is 12.1 Å². The minimum atomic E-state index is 0.269. The number of rotatable bonds is 6. The zero-order chi connectivity index (χ0) is 12.8. The van der Waals surface area contributed by atoms with E-state index in [1.54, 1.807) is 6.92 Å². The molecular weight excluding hydrogens is 212 g/mol. The molecule has 1 aromatic carbocycles. The van der Waals surface area contributed by atoms with Crippen LogP contribution >= 0.6 is 0 Å². The van der Waals surface area contributed by atoms with Gasteiger partial charge in [-0.3, -0.25) is 0 Å². The first-order valence-electron chi connectivity index (χ1n) is 6.27. The SMILES string of the molecule is CCOc1ccc(CCCC(C)=O)c(C)c1C. The molecule has 0 unspecified atom stereocenters. The Bertz CT molecular complexity index is 394. The molecule has 1 aromatic rings. The van der Waals surface area contributed by atoms with Gasteiger partial charge in [-0.05, 0) is 63.3 Å². The van der Waals surface area contributed by atoms with Crippen LogP contribution in [-0.4, -0.2) is 12.4 Å². The molecule has 0 spiro atoms. The summed E-state index contributed by atoms with van der Waals surface area (Å²) in [5, 5.41) is 0. The molecule has 0 aliphatic heterocycles. The van der Waals surface area contributed by atoms with Crippen LogP contribution < -0.4 is 4.74 Å². The van der Waals surface area contributed by atoms with Crippen molar-refractivity contribution < 1.29 is 9.53 Å². The van der Waals surface area contributed by atoms with E-state index in [1.165, 1.54) is 16.7 Å². The molecule has 2 nitrogen and oxygen atoms in total. The first-order chi connectivity index (χ1) is 8.06. The van der Waals surface area contributed by atoms with Gasteiger partial charge in [0.15, 0.2) is 0 Å². The number of carbonyl (C=O) groups is 1. The van der Waals surface area contributed by atoms with E-state index in [4.69, 9.17) is 4.74 Å². The van der Waals surface area contributed by atoms with E-state index < -0.39 is 0 Å². The molecule has 94 valence electrons. The first-order valence-corrected chi connectivity index (χ1v) is 6.27. The van der Waals surface area contributed by atoms with Crippen LogP contribution in [0.25, 0.3) is 0 Å². The summed E-state index contributed by atoms with van der Waals surface area (Å²) in [4.78, 5) is 10.9. The quantitative estimate of drug-likeness (QED) is 0.751. The van der Waals surface area contributed by atoms with Gasteiger partial charge in [-0.15, -0.1) is 0 Å². The van der Waals surface area contributed by atoms with Crippen molar-refractivity contribution in [3.8, 4) is 5.75 Å². The van der Waals surface area contributed by atoms with E-state index in [-0.39, 0.29) is 5.78 Å². The van der Waals surface area contributed by atoms with Crippen LogP contribution in [-0.2, 0) is 11.2 Å². The maximum Gasteiger partial charge on any atom is 0.129 e. The average molecular weight is 234 g/mol. The Balaban J connectivity index is 2.74. The molecule has 0 saturated heterocycles. The maximum atomic E-state index is 10.9. The van der Waals surface area contributed by atoms with Crippen molar-refractivity contribution in [1.29, 1.82) is 0 Å². The van der Waals surface area contributed by atoms with Crippen LogP contribution in [0, 0.1) is 13.8 Å². The summed E-state index contributed by atoms with van der Waals surface area (Å²) in [6.45, 7) is 8.56. The molecule has 0 atom stereocenters. The Kier molecular flexibility index (Phi) is 5.20. The molecule has 0 saturated carbocycles. The zero-order valence-electron chi connectivity index (χ0n) is 11.3. The van der Waals surface area contributed by atoms with E-state index >= 15 is 0 Å². The highest BCUT2D eigenvalue weighted by Crippen LogP contribution is 2.25. The van der Waals surface area contributed by atoms with Gasteiger partial charge < -0.3 is 9.53 Å². The molecule has 0 N–H and O–H groups in total. The van der Waals surface area contributed by atoms with E-state index in [2.05, 4.69) is 19.9 Å². The Morgan fingerprint density at radius 2 is 1.94 bits per heavy atom. The van der Waals surface area contributed by atoms with E-state index in [1.807, 2.05) is 13.0 Å². The van der Waals surface area contributed by atoms with Crippen LogP contribution in [0.1, 0.15) is 43.4 Å². The second kappa shape index (κ2) is 6.43. The second-order valence-corrected chi connectivity index (χ2v) is 4.46. The van der Waals surface area contributed by atoms with Gasteiger partial charge >= 0.3 is 0 Å². The van der Waals surface area contributed by atoms with Crippen LogP contribution in [0.5, 0.6) is 5.75 Å². The standard InChI is InChI=1S/C15H22O2/c1-5-17-15-10-9-14(12(3)13(15)4)8-6-7-11(2)16/h9-10H,5-8H2,1-4H3. The van der Waals surface area contributed by atoms with Crippen molar-refractivity contribution in [2.75, 3.05) is 6.61 Å². The molecule has 0 radical (unpaired) electrons. The summed E-state index contributed by atoms with van der Waals surface area (Å²) in [6.07, 6.45) is 2.58. The van der Waals surface area contributed by atoms with Gasteiger partial charge in [0.25, 0.3) is 0 Å². The highest BCUT2D eigenvalue weighted by Gasteiger charge is 2.07. The Labute approximate surface area is 104 Å². The average Bonchev–Trinajstić information content (AvgIpc) is 2.28. The first kappa shape index (κ1) is 13.8. The smallest absolute Gasteiger partial charge is 0.129 e. The lowest BCUT2D eigenvalue weighted by Gasteiger charge is -2.13. The molecular formula is C15H22O2. The number of ketones is 1. The van der Waals surface area contributed by atoms with Gasteiger partial charge in [0, 0.05) is 6.42 Å².